The molecule has 2 nitrogen and oxygen atoms in total. The van der Waals surface area contributed by atoms with E-state index in [0.717, 1.165) is 0 Å². The fourth-order valence-electron chi connectivity index (χ4n) is 1.18. The van der Waals surface area contributed by atoms with E-state index in [0.29, 0.717) is 0 Å². The quantitative estimate of drug-likeness (QED) is 0.767. The van der Waals surface area contributed by atoms with Gasteiger partial charge in [-0.2, -0.15) is 0 Å². The third-order valence-electron chi connectivity index (χ3n) is 1.92. The first-order chi connectivity index (χ1) is 7.21. The van der Waals surface area contributed by atoms with Gasteiger partial charge in [0.25, 0.3) is 0 Å². The predicted molar refractivity (Wildman–Crippen MR) is 54.8 cm³/mol. The van der Waals surface area contributed by atoms with Crippen LogP contribution >= 0.6 is 0 Å². The highest BCUT2D eigenvalue weighted by Gasteiger charge is 2.16. The highest BCUT2D eigenvalue weighted by Crippen LogP contribution is 2.18. The second-order valence-corrected chi connectivity index (χ2v) is 4.83. The lowest BCUT2D eigenvalue weighted by Gasteiger charge is -2.02. The van der Waals surface area contributed by atoms with Gasteiger partial charge in [0.2, 0.25) is 9.84 Å². The van der Waals surface area contributed by atoms with Gasteiger partial charge in [0.05, 0.1) is 9.79 Å². The molecule has 2 aromatic rings. The van der Waals surface area contributed by atoms with Gasteiger partial charge in [-0.25, -0.2) is 8.42 Å². The standard InChI is InChI=1S/C12H7O2S/c13-15(14,11-7-3-1-4-8-11)12-9-5-2-6-10-12/h1,3-5,7-9H. The van der Waals surface area contributed by atoms with Crippen LogP contribution in [0.5, 0.6) is 0 Å². The largest absolute Gasteiger partial charge is 0.218 e. The van der Waals surface area contributed by atoms with E-state index in [1.165, 1.54) is 12.1 Å². The summed E-state index contributed by atoms with van der Waals surface area (Å²) in [5, 5.41) is 0. The third kappa shape index (κ3) is 1.92. The van der Waals surface area contributed by atoms with Crippen LogP contribution in [-0.4, -0.2) is 8.42 Å². The molecule has 0 saturated heterocycles. The Morgan fingerprint density at radius 1 is 1.00 bits per heavy atom. The average Bonchev–Trinajstić information content (AvgIpc) is 2.31. The predicted octanol–water partition coefficient (Wildman–Crippen LogP) is 1.92. The highest BCUT2D eigenvalue weighted by molar-refractivity contribution is 7.91. The molecule has 0 amide bonds. The van der Waals surface area contributed by atoms with E-state index in [1.807, 2.05) is 0 Å². The van der Waals surface area contributed by atoms with Crippen LogP contribution in [0.1, 0.15) is 0 Å². The molecule has 0 atom stereocenters. The number of benzene rings is 2. The van der Waals surface area contributed by atoms with Crippen LogP contribution in [0.2, 0.25) is 0 Å². The molecule has 0 aliphatic heterocycles. The van der Waals surface area contributed by atoms with Crippen molar-refractivity contribution in [3.8, 4) is 0 Å². The average molecular weight is 215 g/mol. The maximum absolute atomic E-state index is 12.0. The van der Waals surface area contributed by atoms with Crippen LogP contribution in [0, 0.1) is 18.2 Å². The lowest BCUT2D eigenvalue weighted by molar-refractivity contribution is 0.596. The number of rotatable bonds is 2. The smallest absolute Gasteiger partial charge is 0.207 e. The molecular formula is C12H7O2S. The zero-order valence-electron chi connectivity index (χ0n) is 7.77. The van der Waals surface area contributed by atoms with Crippen molar-refractivity contribution in [2.75, 3.05) is 0 Å². The molecule has 0 heterocycles. The summed E-state index contributed by atoms with van der Waals surface area (Å²) in [7, 11) is -3.45. The SMILES string of the molecule is O=S(=O)(c1[c][c][c]cc1)c1ccccc1. The molecule has 15 heavy (non-hydrogen) atoms. The Labute approximate surface area is 89.1 Å². The Morgan fingerprint density at radius 2 is 1.73 bits per heavy atom. The first-order valence-electron chi connectivity index (χ1n) is 4.31. The van der Waals surface area contributed by atoms with E-state index in [4.69, 9.17) is 0 Å². The van der Waals surface area contributed by atoms with E-state index < -0.39 is 9.84 Å². The zero-order chi connectivity index (χ0) is 10.7. The Kier molecular flexibility index (Phi) is 2.56. The fourth-order valence-corrected chi connectivity index (χ4v) is 2.38. The molecule has 0 N–H and O–H groups in total. The van der Waals surface area contributed by atoms with Crippen LogP contribution < -0.4 is 0 Å². The Hall–Kier alpha value is -1.61. The second-order valence-electron chi connectivity index (χ2n) is 2.91. The monoisotopic (exact) mass is 215 g/mol. The summed E-state index contributed by atoms with van der Waals surface area (Å²) in [5.41, 5.74) is 0. The molecule has 2 aromatic carbocycles. The van der Waals surface area contributed by atoms with Crippen LogP contribution in [0.25, 0.3) is 0 Å². The maximum atomic E-state index is 12.0. The molecular weight excluding hydrogens is 208 g/mol. The minimum atomic E-state index is -3.45. The molecule has 0 bridgehead atoms. The van der Waals surface area contributed by atoms with E-state index in [9.17, 15) is 8.42 Å². The van der Waals surface area contributed by atoms with Crippen LogP contribution in [-0.2, 0) is 9.84 Å². The molecule has 0 fully saturated rings. The van der Waals surface area contributed by atoms with Crippen molar-refractivity contribution in [2.45, 2.75) is 9.79 Å². The van der Waals surface area contributed by atoms with E-state index in [-0.39, 0.29) is 9.79 Å². The summed E-state index contributed by atoms with van der Waals surface area (Å²) in [6.07, 6.45) is 0. The maximum Gasteiger partial charge on any atom is 0.207 e. The van der Waals surface area contributed by atoms with Crippen molar-refractivity contribution < 1.29 is 8.42 Å². The van der Waals surface area contributed by atoms with Crippen molar-refractivity contribution in [1.82, 2.24) is 0 Å². The summed E-state index contributed by atoms with van der Waals surface area (Å²) in [5.74, 6) is 0. The van der Waals surface area contributed by atoms with Crippen LogP contribution in [0.3, 0.4) is 0 Å². The van der Waals surface area contributed by atoms with Crippen molar-refractivity contribution in [2.24, 2.45) is 0 Å². The van der Waals surface area contributed by atoms with E-state index in [1.54, 1.807) is 30.3 Å². The molecule has 0 aliphatic rings. The minimum Gasteiger partial charge on any atom is -0.218 e. The lowest BCUT2D eigenvalue weighted by atomic mass is 10.4. The molecule has 3 heteroatoms. The lowest BCUT2D eigenvalue weighted by Crippen LogP contribution is -2.01. The molecule has 0 unspecified atom stereocenters. The molecule has 0 saturated carbocycles. The number of hydrogen-bond donors (Lipinski definition) is 0. The summed E-state index contributed by atoms with van der Waals surface area (Å²) in [6.45, 7) is 0. The van der Waals surface area contributed by atoms with Crippen LogP contribution in [0.15, 0.2) is 52.3 Å². The number of hydrogen-bond acceptors (Lipinski definition) is 2. The number of sulfone groups is 1. The van der Waals surface area contributed by atoms with E-state index >= 15 is 0 Å². The second kappa shape index (κ2) is 3.87. The summed E-state index contributed by atoms with van der Waals surface area (Å²) in [4.78, 5) is 0.383. The Morgan fingerprint density at radius 3 is 2.33 bits per heavy atom. The van der Waals surface area contributed by atoms with Gasteiger partial charge < -0.3 is 0 Å². The van der Waals surface area contributed by atoms with Crippen molar-refractivity contribution in [1.29, 1.82) is 0 Å². The first-order valence-corrected chi connectivity index (χ1v) is 5.80. The first kappa shape index (κ1) is 9.93. The Bertz CT molecular complexity index is 485. The van der Waals surface area contributed by atoms with Crippen molar-refractivity contribution >= 4 is 9.84 Å². The minimum absolute atomic E-state index is 0.118. The fraction of sp³-hybridized carbons (Fsp3) is 0. The molecule has 0 spiro atoms. The Balaban J connectivity index is 2.55. The normalized spacial score (nSPS) is 11.2. The van der Waals surface area contributed by atoms with Gasteiger partial charge in [-0.3, -0.25) is 0 Å². The van der Waals surface area contributed by atoms with Crippen molar-refractivity contribution in [3.63, 3.8) is 0 Å². The molecule has 3 radical (unpaired) electrons. The van der Waals surface area contributed by atoms with Gasteiger partial charge in [0.15, 0.2) is 0 Å². The van der Waals surface area contributed by atoms with Gasteiger partial charge in [-0.1, -0.05) is 24.3 Å². The molecule has 73 valence electrons. The van der Waals surface area contributed by atoms with Gasteiger partial charge in [0, 0.05) is 12.1 Å². The van der Waals surface area contributed by atoms with E-state index in [2.05, 4.69) is 18.2 Å². The summed E-state index contributed by atoms with van der Waals surface area (Å²) >= 11 is 0. The molecule has 2 rings (SSSR count). The zero-order valence-corrected chi connectivity index (χ0v) is 8.58. The summed E-state index contributed by atoms with van der Waals surface area (Å²) < 4.78 is 23.9. The topological polar surface area (TPSA) is 34.1 Å². The molecule has 0 aromatic heterocycles. The van der Waals surface area contributed by atoms with Gasteiger partial charge >= 0.3 is 0 Å². The van der Waals surface area contributed by atoms with Gasteiger partial charge in [0.1, 0.15) is 0 Å². The highest BCUT2D eigenvalue weighted by atomic mass is 32.2. The third-order valence-corrected chi connectivity index (χ3v) is 3.63. The van der Waals surface area contributed by atoms with Crippen molar-refractivity contribution in [3.05, 3.63) is 60.7 Å². The molecule has 0 aliphatic carbocycles. The van der Waals surface area contributed by atoms with Gasteiger partial charge in [-0.05, 0) is 24.3 Å². The summed E-state index contributed by atoms with van der Waals surface area (Å²) in [6, 6.07) is 18.9. The van der Waals surface area contributed by atoms with Crippen LogP contribution in [0.4, 0.5) is 0 Å². The van der Waals surface area contributed by atoms with Gasteiger partial charge in [-0.15, -0.1) is 0 Å².